The van der Waals surface area contributed by atoms with Crippen molar-refractivity contribution >= 4 is 52.2 Å². The number of nitrogens with one attached hydrogen (secondary N) is 2. The van der Waals surface area contributed by atoms with Gasteiger partial charge in [0, 0.05) is 36.1 Å². The van der Waals surface area contributed by atoms with Crippen LogP contribution in [0.1, 0.15) is 100.0 Å². The van der Waals surface area contributed by atoms with E-state index in [1.54, 1.807) is 42.5 Å². The molecule has 1 heterocycles. The first-order chi connectivity index (χ1) is 27.1. The number of carbonyl (C=O) groups is 4. The number of aryl methyl sites for hydroxylation is 2. The summed E-state index contributed by atoms with van der Waals surface area (Å²) in [6.07, 6.45) is 9.16. The molecule has 0 spiro atoms. The van der Waals surface area contributed by atoms with Crippen molar-refractivity contribution in [3.05, 3.63) is 119 Å². The summed E-state index contributed by atoms with van der Waals surface area (Å²) in [5, 5.41) is 24.6. The van der Waals surface area contributed by atoms with Crippen LogP contribution < -0.4 is 15.5 Å². The Kier molecular flexibility index (Phi) is 12.4. The lowest BCUT2D eigenvalue weighted by Gasteiger charge is -2.35. The van der Waals surface area contributed by atoms with Crippen molar-refractivity contribution in [3.63, 3.8) is 0 Å². The van der Waals surface area contributed by atoms with E-state index in [1.807, 2.05) is 52.8 Å². The first-order valence-corrected chi connectivity index (χ1v) is 20.7. The minimum Gasteiger partial charge on any atom is -0.593 e. The van der Waals surface area contributed by atoms with E-state index in [9.17, 15) is 28.8 Å². The number of hydrogen-bond acceptors (Lipinski definition) is 7. The number of aromatic carboxylic acids is 1. The van der Waals surface area contributed by atoms with Gasteiger partial charge in [0.25, 0.3) is 11.8 Å². The molecule has 1 atom stereocenters. The maximum absolute atomic E-state index is 14.0. The van der Waals surface area contributed by atoms with Crippen molar-refractivity contribution in [3.8, 4) is 0 Å². The lowest BCUT2D eigenvalue weighted by molar-refractivity contribution is -0.143. The Balaban J connectivity index is 1.05. The molecule has 3 fully saturated rings. The maximum Gasteiger partial charge on any atom is 0.335 e. The molecule has 2 amide bonds. The van der Waals surface area contributed by atoms with Gasteiger partial charge in [-0.2, -0.15) is 0 Å². The highest BCUT2D eigenvalue weighted by atomic mass is 32.2. The van der Waals surface area contributed by atoms with Crippen LogP contribution in [0.2, 0.25) is 0 Å². The molecule has 0 aromatic heterocycles. The van der Waals surface area contributed by atoms with Crippen molar-refractivity contribution in [1.82, 2.24) is 4.31 Å². The summed E-state index contributed by atoms with van der Waals surface area (Å²) >= 11 is -1.52. The number of carboxylic acid groups (broad SMARTS) is 2. The van der Waals surface area contributed by atoms with Crippen LogP contribution in [-0.4, -0.2) is 68.0 Å². The molecule has 0 bridgehead atoms. The predicted octanol–water partition coefficient (Wildman–Crippen LogP) is 7.80. The first-order valence-electron chi connectivity index (χ1n) is 19.6. The van der Waals surface area contributed by atoms with Gasteiger partial charge in [-0.25, -0.2) is 4.79 Å². The maximum atomic E-state index is 14.0. The van der Waals surface area contributed by atoms with Gasteiger partial charge in [0.1, 0.15) is 0 Å². The van der Waals surface area contributed by atoms with Gasteiger partial charge in [-0.3, -0.25) is 14.4 Å². The molecule has 7 rings (SSSR count). The topological polar surface area (TPSA) is 162 Å². The Morgan fingerprint density at radius 2 is 1.32 bits per heavy atom. The molecule has 3 aliphatic rings. The summed E-state index contributed by atoms with van der Waals surface area (Å²) in [4.78, 5) is 53.3. The molecule has 4 N–H and O–H groups in total. The van der Waals surface area contributed by atoms with E-state index >= 15 is 0 Å². The molecule has 12 heteroatoms. The molecule has 4 aromatic rings. The van der Waals surface area contributed by atoms with E-state index in [2.05, 4.69) is 15.5 Å². The van der Waals surface area contributed by atoms with Crippen LogP contribution in [0.4, 0.5) is 17.1 Å². The number of nitrogens with zero attached hydrogens (tertiary/aromatic N) is 2. The number of aliphatic carboxylic acids is 1. The molecule has 11 nitrogen and oxygen atoms in total. The van der Waals surface area contributed by atoms with Gasteiger partial charge in [0.2, 0.25) is 0 Å². The number of benzene rings is 4. The number of rotatable bonds is 14. The van der Waals surface area contributed by atoms with Crippen LogP contribution in [0.25, 0.3) is 0 Å². The summed E-state index contributed by atoms with van der Waals surface area (Å²) in [5.74, 6) is -2.87. The van der Waals surface area contributed by atoms with Crippen LogP contribution >= 0.6 is 0 Å². The van der Waals surface area contributed by atoms with Gasteiger partial charge in [-0.1, -0.05) is 30.3 Å². The summed E-state index contributed by atoms with van der Waals surface area (Å²) in [5.41, 5.74) is 4.89. The smallest absolute Gasteiger partial charge is 0.335 e. The minimum absolute atomic E-state index is 0.0251. The minimum atomic E-state index is -1.52. The van der Waals surface area contributed by atoms with E-state index in [0.29, 0.717) is 53.1 Å². The normalized spacial score (nSPS) is 18.9. The van der Waals surface area contributed by atoms with E-state index in [1.165, 1.54) is 6.42 Å². The first kappa shape index (κ1) is 39.1. The fourth-order valence-corrected chi connectivity index (χ4v) is 9.40. The molecule has 0 radical (unpaired) electrons. The average Bonchev–Trinajstić information content (AvgIpc) is 4.07. The molecular weight excluding hydrogens is 729 g/mol. The zero-order chi connectivity index (χ0) is 39.2. The van der Waals surface area contributed by atoms with Gasteiger partial charge in [0.15, 0.2) is 4.90 Å². The van der Waals surface area contributed by atoms with Gasteiger partial charge in [-0.05, 0) is 136 Å². The Labute approximate surface area is 330 Å². The lowest BCUT2D eigenvalue weighted by Crippen LogP contribution is -2.44. The number of carbonyl (C=O) groups excluding carboxylic acids is 2. The molecule has 2 saturated carbocycles. The molecule has 2 aliphatic carbocycles. The zero-order valence-electron chi connectivity index (χ0n) is 31.3. The molecule has 4 aromatic carbocycles. The van der Waals surface area contributed by atoms with Gasteiger partial charge < -0.3 is 30.3 Å². The fraction of sp³-hybridized carbons (Fsp3) is 0.364. The van der Waals surface area contributed by atoms with Crippen LogP contribution in [0.15, 0.2) is 95.9 Å². The summed E-state index contributed by atoms with van der Waals surface area (Å²) in [6, 6.07) is 27.0. The van der Waals surface area contributed by atoms with Crippen LogP contribution in [0.5, 0.6) is 0 Å². The second kappa shape index (κ2) is 17.7. The highest BCUT2D eigenvalue weighted by Gasteiger charge is 2.44. The van der Waals surface area contributed by atoms with E-state index < -0.39 is 29.2 Å². The molecule has 1 aliphatic heterocycles. The number of amides is 2. The van der Waals surface area contributed by atoms with Crippen molar-refractivity contribution in [2.24, 2.45) is 5.92 Å². The standard InChI is InChI=1S/C44H48N4O7S/c49-41(33-5-4-6-38(27-33)56(55)48(36-21-22-36)35-19-15-32(16-20-35)44(53)54)46-40-24-23-37(47-25-2-1-3-26-47)28-39(40)42(50)45-34-17-11-30(12-18-34)8-7-29-9-13-31(14-10-29)43(51)52/h4-6,9-14,17-18,23-24,27-28,32,35-36H,1-3,7-8,15-16,19-22,25-26H2,(H,45,50)(H,46,49)(H,51,52)(H,53,54). The second-order valence-electron chi connectivity index (χ2n) is 15.1. The monoisotopic (exact) mass is 776 g/mol. The van der Waals surface area contributed by atoms with Crippen molar-refractivity contribution in [2.45, 2.75) is 87.6 Å². The summed E-state index contributed by atoms with van der Waals surface area (Å²) in [6.45, 7) is 1.78. The Morgan fingerprint density at radius 1 is 0.696 bits per heavy atom. The quantitative estimate of drug-likeness (QED) is 0.0937. The van der Waals surface area contributed by atoms with Gasteiger partial charge in [0.05, 0.1) is 46.2 Å². The zero-order valence-corrected chi connectivity index (χ0v) is 32.1. The van der Waals surface area contributed by atoms with Crippen molar-refractivity contribution in [1.29, 1.82) is 0 Å². The largest absolute Gasteiger partial charge is 0.593 e. The van der Waals surface area contributed by atoms with Crippen molar-refractivity contribution in [2.75, 3.05) is 28.6 Å². The van der Waals surface area contributed by atoms with E-state index in [0.717, 1.165) is 68.4 Å². The number of anilines is 3. The summed E-state index contributed by atoms with van der Waals surface area (Å²) < 4.78 is 16.1. The summed E-state index contributed by atoms with van der Waals surface area (Å²) in [7, 11) is 0. The lowest BCUT2D eigenvalue weighted by atomic mass is 9.86. The Morgan fingerprint density at radius 3 is 1.93 bits per heavy atom. The Hall–Kier alpha value is -5.17. The average molecular weight is 777 g/mol. The third kappa shape index (κ3) is 9.61. The number of hydrogen-bond donors (Lipinski definition) is 4. The molecule has 292 valence electrons. The third-order valence-corrected chi connectivity index (χ3v) is 12.8. The van der Waals surface area contributed by atoms with Gasteiger partial charge in [-0.15, -0.1) is 4.31 Å². The van der Waals surface area contributed by atoms with Gasteiger partial charge >= 0.3 is 11.9 Å². The fourth-order valence-electron chi connectivity index (χ4n) is 7.77. The van der Waals surface area contributed by atoms with Crippen LogP contribution in [0, 0.1) is 5.92 Å². The Bertz CT molecular complexity index is 2040. The second-order valence-corrected chi connectivity index (χ2v) is 16.5. The number of carboxylic acids is 2. The van der Waals surface area contributed by atoms with E-state index in [-0.39, 0.29) is 29.5 Å². The van der Waals surface area contributed by atoms with E-state index in [4.69, 9.17) is 5.11 Å². The SMILES string of the molecule is O=C(O)c1ccc(CCc2ccc(NC(=O)c3cc(N4CCCCC4)ccc3NC(=O)c3cccc([S+]([O-])N(C4CCC(C(=O)O)CC4)C4CC4)c3)cc2)cc1. The molecule has 1 unspecified atom stereocenters. The number of piperidine rings is 1. The van der Waals surface area contributed by atoms with Crippen LogP contribution in [0.3, 0.4) is 0 Å². The molecular formula is C44H48N4O7S. The highest BCUT2D eigenvalue weighted by molar-refractivity contribution is 7.89. The highest BCUT2D eigenvalue weighted by Crippen LogP contribution is 2.39. The molecule has 56 heavy (non-hydrogen) atoms. The predicted molar refractivity (Wildman–Crippen MR) is 217 cm³/mol. The van der Waals surface area contributed by atoms with Crippen molar-refractivity contribution < 1.29 is 33.9 Å². The van der Waals surface area contributed by atoms with Crippen LogP contribution in [-0.2, 0) is 29.0 Å². The molecule has 1 saturated heterocycles. The third-order valence-electron chi connectivity index (χ3n) is 11.1.